The van der Waals surface area contributed by atoms with E-state index in [0.29, 0.717) is 17.2 Å². The number of hydrogen-bond donors (Lipinski definition) is 2. The van der Waals surface area contributed by atoms with Crippen molar-refractivity contribution in [3.05, 3.63) is 50.7 Å². The summed E-state index contributed by atoms with van der Waals surface area (Å²) < 4.78 is 10.1. The van der Waals surface area contributed by atoms with E-state index in [-0.39, 0.29) is 11.4 Å². The second-order valence-electron chi connectivity index (χ2n) is 5.70. The zero-order valence-electron chi connectivity index (χ0n) is 15.7. The van der Waals surface area contributed by atoms with Crippen LogP contribution in [0, 0.1) is 10.1 Å². The van der Waals surface area contributed by atoms with Gasteiger partial charge in [-0.05, 0) is 37.4 Å². The summed E-state index contributed by atoms with van der Waals surface area (Å²) in [4.78, 5) is 46.8. The summed E-state index contributed by atoms with van der Waals surface area (Å²) in [5, 5.41) is 17.7. The normalized spacial score (nSPS) is 11.2. The summed E-state index contributed by atoms with van der Waals surface area (Å²) >= 11 is 1.22. The molecular formula is C18H19N3O7S. The van der Waals surface area contributed by atoms with E-state index in [1.54, 1.807) is 24.4 Å². The van der Waals surface area contributed by atoms with Gasteiger partial charge in [0, 0.05) is 0 Å². The molecule has 10 nitrogen and oxygen atoms in total. The third-order valence-electron chi connectivity index (χ3n) is 3.54. The highest BCUT2D eigenvalue weighted by Crippen LogP contribution is 2.29. The topological polar surface area (TPSA) is 137 Å². The molecule has 0 spiro atoms. The lowest BCUT2D eigenvalue weighted by atomic mass is 10.2. The van der Waals surface area contributed by atoms with Crippen molar-refractivity contribution in [1.29, 1.82) is 0 Å². The van der Waals surface area contributed by atoms with E-state index in [9.17, 15) is 24.5 Å². The first-order valence-corrected chi connectivity index (χ1v) is 9.41. The maximum atomic E-state index is 12.0. The number of nitrogens with zero attached hydrogens (tertiary/aromatic N) is 1. The van der Waals surface area contributed by atoms with Gasteiger partial charge in [0.15, 0.2) is 6.61 Å². The van der Waals surface area contributed by atoms with Crippen LogP contribution in [0.4, 0.5) is 11.4 Å². The fourth-order valence-corrected chi connectivity index (χ4v) is 2.83. The second-order valence-corrected chi connectivity index (χ2v) is 6.65. The van der Waals surface area contributed by atoms with Gasteiger partial charge in [-0.2, -0.15) is 0 Å². The summed E-state index contributed by atoms with van der Waals surface area (Å²) in [5.74, 6) is -1.72. The summed E-state index contributed by atoms with van der Waals surface area (Å²) in [6.07, 6.45) is 0. The number of nitro benzene ring substituents is 1. The van der Waals surface area contributed by atoms with E-state index in [4.69, 9.17) is 9.47 Å². The molecule has 1 aromatic carbocycles. The van der Waals surface area contributed by atoms with Crippen molar-refractivity contribution in [3.8, 4) is 5.75 Å². The van der Waals surface area contributed by atoms with Crippen molar-refractivity contribution < 1.29 is 28.8 Å². The Morgan fingerprint density at radius 2 is 2.03 bits per heavy atom. The molecule has 2 N–H and O–H groups in total. The predicted octanol–water partition coefficient (Wildman–Crippen LogP) is 2.36. The van der Waals surface area contributed by atoms with Gasteiger partial charge in [-0.3, -0.25) is 19.7 Å². The predicted molar refractivity (Wildman–Crippen MR) is 105 cm³/mol. The number of thiophene rings is 1. The van der Waals surface area contributed by atoms with Crippen molar-refractivity contribution in [2.45, 2.75) is 19.9 Å². The molecule has 1 unspecified atom stereocenters. The lowest BCUT2D eigenvalue weighted by molar-refractivity contribution is -0.384. The molecule has 2 rings (SSSR count). The van der Waals surface area contributed by atoms with Crippen molar-refractivity contribution in [1.82, 2.24) is 5.32 Å². The summed E-state index contributed by atoms with van der Waals surface area (Å²) in [7, 11) is 0. The SMILES string of the molecule is CCOc1ccc(NC(=O)COC(=O)C(C)NC(=O)c2cccs2)c([N+](=O)[O-])c1. The molecule has 0 saturated carbocycles. The minimum Gasteiger partial charge on any atom is -0.494 e. The largest absolute Gasteiger partial charge is 0.494 e. The fourth-order valence-electron chi connectivity index (χ4n) is 2.21. The van der Waals surface area contributed by atoms with Gasteiger partial charge in [-0.15, -0.1) is 11.3 Å². The van der Waals surface area contributed by atoms with Gasteiger partial charge < -0.3 is 20.1 Å². The van der Waals surface area contributed by atoms with Crippen LogP contribution in [0.3, 0.4) is 0 Å². The standard InChI is InChI=1S/C18H19N3O7S/c1-3-27-12-6-7-13(14(9-12)21(25)26)20-16(22)10-28-18(24)11(2)19-17(23)15-5-4-8-29-15/h4-9,11H,3,10H2,1-2H3,(H,19,23)(H,20,22). The minimum atomic E-state index is -0.975. The second kappa shape index (κ2) is 10.2. The number of carbonyl (C=O) groups is 3. The Morgan fingerprint density at radius 3 is 2.66 bits per heavy atom. The van der Waals surface area contributed by atoms with Crippen LogP contribution < -0.4 is 15.4 Å². The highest BCUT2D eigenvalue weighted by Gasteiger charge is 2.21. The Hall–Kier alpha value is -3.47. The van der Waals surface area contributed by atoms with E-state index < -0.39 is 35.4 Å². The smallest absolute Gasteiger partial charge is 0.328 e. The Morgan fingerprint density at radius 1 is 1.28 bits per heavy atom. The van der Waals surface area contributed by atoms with Crippen molar-refractivity contribution in [3.63, 3.8) is 0 Å². The van der Waals surface area contributed by atoms with Gasteiger partial charge >= 0.3 is 5.97 Å². The fraction of sp³-hybridized carbons (Fsp3) is 0.278. The van der Waals surface area contributed by atoms with Crippen LogP contribution in [0.15, 0.2) is 35.7 Å². The van der Waals surface area contributed by atoms with Crippen LogP contribution in [0.2, 0.25) is 0 Å². The molecule has 1 heterocycles. The zero-order chi connectivity index (χ0) is 21.4. The number of hydrogen-bond acceptors (Lipinski definition) is 8. The van der Waals surface area contributed by atoms with Crippen LogP contribution in [-0.2, 0) is 14.3 Å². The van der Waals surface area contributed by atoms with Gasteiger partial charge in [-0.25, -0.2) is 4.79 Å². The van der Waals surface area contributed by atoms with Gasteiger partial charge in [0.25, 0.3) is 17.5 Å². The monoisotopic (exact) mass is 421 g/mol. The highest BCUT2D eigenvalue weighted by molar-refractivity contribution is 7.12. The van der Waals surface area contributed by atoms with Gasteiger partial charge in [0.05, 0.1) is 22.5 Å². The minimum absolute atomic E-state index is 0.0569. The molecule has 11 heteroatoms. The van der Waals surface area contributed by atoms with E-state index in [1.807, 2.05) is 0 Å². The van der Waals surface area contributed by atoms with Crippen LogP contribution in [0.25, 0.3) is 0 Å². The zero-order valence-corrected chi connectivity index (χ0v) is 16.5. The first kappa shape index (κ1) is 21.8. The first-order valence-electron chi connectivity index (χ1n) is 8.54. The summed E-state index contributed by atoms with van der Waals surface area (Å²) in [6, 6.07) is 6.32. The molecule has 0 radical (unpaired) electrons. The Labute approximate surface area is 170 Å². The average molecular weight is 421 g/mol. The molecule has 0 saturated heterocycles. The number of nitrogens with one attached hydrogen (secondary N) is 2. The third kappa shape index (κ3) is 6.28. The molecule has 0 bridgehead atoms. The molecule has 0 aliphatic heterocycles. The van der Waals surface area contributed by atoms with E-state index in [2.05, 4.69) is 10.6 Å². The van der Waals surface area contributed by atoms with E-state index >= 15 is 0 Å². The number of ether oxygens (including phenoxy) is 2. The quantitative estimate of drug-likeness (QED) is 0.360. The lowest BCUT2D eigenvalue weighted by Crippen LogP contribution is -2.40. The molecule has 154 valence electrons. The van der Waals surface area contributed by atoms with Crippen molar-refractivity contribution in [2.24, 2.45) is 0 Å². The molecule has 2 aromatic rings. The van der Waals surface area contributed by atoms with Gasteiger partial charge in [0.2, 0.25) is 0 Å². The van der Waals surface area contributed by atoms with Gasteiger partial charge in [-0.1, -0.05) is 6.07 Å². The number of carbonyl (C=O) groups excluding carboxylic acids is 3. The first-order chi connectivity index (χ1) is 13.8. The molecule has 0 aliphatic carbocycles. The number of nitro groups is 1. The van der Waals surface area contributed by atoms with Crippen LogP contribution in [0.1, 0.15) is 23.5 Å². The van der Waals surface area contributed by atoms with Crippen LogP contribution >= 0.6 is 11.3 Å². The highest BCUT2D eigenvalue weighted by atomic mass is 32.1. The Bertz CT molecular complexity index is 899. The van der Waals surface area contributed by atoms with Crippen LogP contribution in [0.5, 0.6) is 5.75 Å². The summed E-state index contributed by atoms with van der Waals surface area (Å²) in [6.45, 7) is 2.82. The maximum Gasteiger partial charge on any atom is 0.328 e. The molecule has 2 amide bonds. The van der Waals surface area contributed by atoms with Crippen molar-refractivity contribution in [2.75, 3.05) is 18.5 Å². The van der Waals surface area contributed by atoms with Crippen molar-refractivity contribution >= 4 is 40.5 Å². The number of anilines is 1. The average Bonchev–Trinajstić information content (AvgIpc) is 3.22. The molecule has 29 heavy (non-hydrogen) atoms. The Kier molecular flexibility index (Phi) is 7.66. The molecule has 0 fully saturated rings. The Balaban J connectivity index is 1.89. The summed E-state index contributed by atoms with van der Waals surface area (Å²) in [5.41, 5.74) is -0.411. The van der Waals surface area contributed by atoms with E-state index in [0.717, 1.165) is 0 Å². The van der Waals surface area contributed by atoms with Gasteiger partial charge in [0.1, 0.15) is 17.5 Å². The van der Waals surface area contributed by atoms with E-state index in [1.165, 1.54) is 36.5 Å². The number of rotatable bonds is 9. The number of amides is 2. The number of esters is 1. The third-order valence-corrected chi connectivity index (χ3v) is 4.41. The molecule has 0 aliphatic rings. The molecular weight excluding hydrogens is 402 g/mol. The number of benzene rings is 1. The molecule has 1 aromatic heterocycles. The maximum absolute atomic E-state index is 12.0. The molecule has 1 atom stereocenters. The lowest BCUT2D eigenvalue weighted by Gasteiger charge is -2.13. The van der Waals surface area contributed by atoms with Crippen LogP contribution in [-0.4, -0.2) is 42.0 Å².